The number of carbonyl (C=O) groups excluding carboxylic acids is 1. The summed E-state index contributed by atoms with van der Waals surface area (Å²) in [6.07, 6.45) is -3.86. The van der Waals surface area contributed by atoms with Gasteiger partial charge in [0.25, 0.3) is 0 Å². The first-order chi connectivity index (χ1) is 8.17. The Kier molecular flexibility index (Phi) is 6.67. The third-order valence-corrected chi connectivity index (χ3v) is 2.41. The van der Waals surface area contributed by atoms with Gasteiger partial charge in [-0.1, -0.05) is 20.3 Å². The van der Waals surface area contributed by atoms with Crippen molar-refractivity contribution in [2.75, 3.05) is 13.1 Å². The normalized spacial score (nSPS) is 14.9. The van der Waals surface area contributed by atoms with Crippen molar-refractivity contribution in [1.29, 1.82) is 0 Å². The molecule has 8 heteroatoms. The molecule has 0 aromatic carbocycles. The first-order valence-electron chi connectivity index (χ1n) is 5.47. The number of hydrogen-bond acceptors (Lipinski definition) is 3. The monoisotopic (exact) mass is 270 g/mol. The molecule has 0 fully saturated rings. The highest BCUT2D eigenvalue weighted by molar-refractivity contribution is 5.84. The van der Waals surface area contributed by atoms with Crippen molar-refractivity contribution in [1.82, 2.24) is 10.6 Å². The van der Waals surface area contributed by atoms with E-state index in [4.69, 9.17) is 5.11 Å². The molecule has 0 saturated heterocycles. The summed E-state index contributed by atoms with van der Waals surface area (Å²) in [6.45, 7) is 1.54. The van der Waals surface area contributed by atoms with Crippen molar-refractivity contribution in [3.63, 3.8) is 0 Å². The Morgan fingerprint density at radius 3 is 2.28 bits per heavy atom. The largest absolute Gasteiger partial charge is 0.480 e. The highest BCUT2D eigenvalue weighted by atomic mass is 19.4. The Morgan fingerprint density at radius 1 is 1.33 bits per heavy atom. The Labute approximate surface area is 103 Å². The zero-order valence-electron chi connectivity index (χ0n) is 10.2. The van der Waals surface area contributed by atoms with E-state index >= 15 is 0 Å². The van der Waals surface area contributed by atoms with Crippen LogP contribution in [0.2, 0.25) is 0 Å². The first kappa shape index (κ1) is 16.7. The maximum atomic E-state index is 11.8. The molecule has 3 N–H and O–H groups in total. The Hall–Kier alpha value is -1.31. The predicted molar refractivity (Wildman–Crippen MR) is 57.9 cm³/mol. The number of halogens is 3. The molecule has 5 nitrogen and oxygen atoms in total. The lowest BCUT2D eigenvalue weighted by molar-refractivity contribution is -0.143. The third-order valence-electron chi connectivity index (χ3n) is 2.41. The fourth-order valence-corrected chi connectivity index (χ4v) is 1.23. The van der Waals surface area contributed by atoms with Gasteiger partial charge >= 0.3 is 12.1 Å². The van der Waals surface area contributed by atoms with Gasteiger partial charge in [-0.05, 0) is 5.92 Å². The second-order valence-electron chi connectivity index (χ2n) is 3.99. The van der Waals surface area contributed by atoms with Crippen molar-refractivity contribution in [3.05, 3.63) is 0 Å². The molecule has 0 aliphatic heterocycles. The second-order valence-corrected chi connectivity index (χ2v) is 3.99. The number of alkyl halides is 3. The molecule has 1 amide bonds. The minimum Gasteiger partial charge on any atom is -0.480 e. The van der Waals surface area contributed by atoms with Crippen molar-refractivity contribution >= 4 is 11.9 Å². The molecule has 0 radical (unpaired) electrons. The van der Waals surface area contributed by atoms with Crippen molar-refractivity contribution in [2.45, 2.75) is 32.5 Å². The van der Waals surface area contributed by atoms with Crippen LogP contribution < -0.4 is 10.6 Å². The molecule has 106 valence electrons. The molecule has 0 aromatic heterocycles. The average molecular weight is 270 g/mol. The van der Waals surface area contributed by atoms with Gasteiger partial charge in [-0.25, -0.2) is 4.79 Å². The van der Waals surface area contributed by atoms with Gasteiger partial charge in [-0.3, -0.25) is 4.79 Å². The zero-order valence-corrected chi connectivity index (χ0v) is 10.2. The van der Waals surface area contributed by atoms with Crippen LogP contribution in [-0.2, 0) is 9.59 Å². The number of carboxylic acid groups (broad SMARTS) is 1. The van der Waals surface area contributed by atoms with Crippen molar-refractivity contribution < 1.29 is 27.9 Å². The lowest BCUT2D eigenvalue weighted by atomic mass is 9.99. The lowest BCUT2D eigenvalue weighted by Gasteiger charge is -2.20. The summed E-state index contributed by atoms with van der Waals surface area (Å²) in [7, 11) is 0. The average Bonchev–Trinajstić information content (AvgIpc) is 2.22. The summed E-state index contributed by atoms with van der Waals surface area (Å²) in [5, 5.41) is 12.9. The lowest BCUT2D eigenvalue weighted by Crippen LogP contribution is -2.48. The first-order valence-corrected chi connectivity index (χ1v) is 5.47. The van der Waals surface area contributed by atoms with E-state index in [0.29, 0.717) is 6.42 Å². The minimum atomic E-state index is -4.40. The van der Waals surface area contributed by atoms with Gasteiger partial charge in [-0.15, -0.1) is 0 Å². The van der Waals surface area contributed by atoms with E-state index in [9.17, 15) is 22.8 Å². The summed E-state index contributed by atoms with van der Waals surface area (Å²) in [5.74, 6) is -2.27. The molecule has 0 saturated carbocycles. The predicted octanol–water partition coefficient (Wildman–Crippen LogP) is 0.754. The van der Waals surface area contributed by atoms with Crippen LogP contribution in [0.5, 0.6) is 0 Å². The van der Waals surface area contributed by atoms with E-state index in [2.05, 4.69) is 5.32 Å². The maximum Gasteiger partial charge on any atom is 0.401 e. The van der Waals surface area contributed by atoms with E-state index in [-0.39, 0.29) is 5.92 Å². The number of rotatable bonds is 7. The van der Waals surface area contributed by atoms with Gasteiger partial charge in [0.1, 0.15) is 6.04 Å². The second kappa shape index (κ2) is 7.20. The van der Waals surface area contributed by atoms with Gasteiger partial charge in [0, 0.05) is 0 Å². The van der Waals surface area contributed by atoms with Gasteiger partial charge in [0.2, 0.25) is 5.91 Å². The number of nitrogens with one attached hydrogen (secondary N) is 2. The van der Waals surface area contributed by atoms with Crippen LogP contribution >= 0.6 is 0 Å². The van der Waals surface area contributed by atoms with E-state index in [1.807, 2.05) is 5.32 Å². The molecule has 0 bridgehead atoms. The summed E-state index contributed by atoms with van der Waals surface area (Å²) in [4.78, 5) is 22.1. The van der Waals surface area contributed by atoms with Gasteiger partial charge < -0.3 is 15.7 Å². The van der Waals surface area contributed by atoms with Gasteiger partial charge in [0.15, 0.2) is 0 Å². The molecule has 18 heavy (non-hydrogen) atoms. The van der Waals surface area contributed by atoms with Crippen molar-refractivity contribution in [2.24, 2.45) is 5.92 Å². The number of aliphatic carboxylic acids is 1. The standard InChI is InChI=1S/C10H17F3N2O3/c1-3-6(2)8(9(17)18)15-7(16)4-14-5-10(11,12)13/h6,8,14H,3-5H2,1-2H3,(H,15,16)(H,17,18)/t6-,8-/m0/s1. The Balaban J connectivity index is 4.15. The Bertz CT molecular complexity index is 295. The molecule has 0 aliphatic rings. The summed E-state index contributed by atoms with van der Waals surface area (Å²) in [5.41, 5.74) is 0. The summed E-state index contributed by atoms with van der Waals surface area (Å²) in [6, 6.07) is -1.09. The van der Waals surface area contributed by atoms with Crippen LogP contribution in [0.1, 0.15) is 20.3 Å². The van der Waals surface area contributed by atoms with Crippen LogP contribution in [0.15, 0.2) is 0 Å². The third kappa shape index (κ3) is 7.10. The fraction of sp³-hybridized carbons (Fsp3) is 0.800. The quantitative estimate of drug-likeness (QED) is 0.638. The number of hydrogen-bond donors (Lipinski definition) is 3. The topological polar surface area (TPSA) is 78.4 Å². The Morgan fingerprint density at radius 2 is 1.89 bits per heavy atom. The van der Waals surface area contributed by atoms with E-state index in [1.54, 1.807) is 13.8 Å². The molecular formula is C10H17F3N2O3. The molecule has 0 aromatic rings. The van der Waals surface area contributed by atoms with Crippen LogP contribution in [0.25, 0.3) is 0 Å². The SMILES string of the molecule is CC[C@H](C)[C@H](NC(=O)CNCC(F)(F)F)C(=O)O. The highest BCUT2D eigenvalue weighted by Gasteiger charge is 2.28. The number of carboxylic acids is 1. The highest BCUT2D eigenvalue weighted by Crippen LogP contribution is 2.12. The van der Waals surface area contributed by atoms with E-state index in [0.717, 1.165) is 0 Å². The van der Waals surface area contributed by atoms with Crippen LogP contribution in [0, 0.1) is 5.92 Å². The molecule has 2 atom stereocenters. The molecule has 0 aliphatic carbocycles. The number of amides is 1. The van der Waals surface area contributed by atoms with Crippen LogP contribution in [0.4, 0.5) is 13.2 Å². The van der Waals surface area contributed by atoms with Gasteiger partial charge in [0.05, 0.1) is 13.1 Å². The summed E-state index contributed by atoms with van der Waals surface area (Å²) < 4.78 is 35.4. The van der Waals surface area contributed by atoms with Crippen molar-refractivity contribution in [3.8, 4) is 0 Å². The minimum absolute atomic E-state index is 0.297. The fourth-order valence-electron chi connectivity index (χ4n) is 1.23. The maximum absolute atomic E-state index is 11.8. The zero-order chi connectivity index (χ0) is 14.3. The summed E-state index contributed by atoms with van der Waals surface area (Å²) >= 11 is 0. The molecule has 0 spiro atoms. The molecular weight excluding hydrogens is 253 g/mol. The molecule has 0 heterocycles. The van der Waals surface area contributed by atoms with Gasteiger partial charge in [-0.2, -0.15) is 13.2 Å². The van der Waals surface area contributed by atoms with Crippen LogP contribution in [0.3, 0.4) is 0 Å². The van der Waals surface area contributed by atoms with E-state index < -0.39 is 37.2 Å². The molecule has 0 rings (SSSR count). The van der Waals surface area contributed by atoms with E-state index in [1.165, 1.54) is 0 Å². The number of carbonyl (C=O) groups is 2. The smallest absolute Gasteiger partial charge is 0.401 e. The molecule has 0 unspecified atom stereocenters. The van der Waals surface area contributed by atoms with Crippen LogP contribution in [-0.4, -0.2) is 42.3 Å².